The van der Waals surface area contributed by atoms with Gasteiger partial charge in [0.25, 0.3) is 0 Å². The van der Waals surface area contributed by atoms with Gasteiger partial charge in [-0.25, -0.2) is 9.59 Å². The number of amides is 2. The summed E-state index contributed by atoms with van der Waals surface area (Å²) in [7, 11) is 1.37. The van der Waals surface area contributed by atoms with E-state index in [2.05, 4.69) is 16.0 Å². The summed E-state index contributed by atoms with van der Waals surface area (Å²) < 4.78 is 5.02. The second-order valence-electron chi connectivity index (χ2n) is 6.99. The van der Waals surface area contributed by atoms with Gasteiger partial charge in [-0.2, -0.15) is 0 Å². The average Bonchev–Trinajstić information content (AvgIpc) is 2.66. The van der Waals surface area contributed by atoms with E-state index in [4.69, 9.17) is 4.74 Å². The molecule has 2 aliphatic rings. The number of methoxy groups -OCH3 is 1. The van der Waals surface area contributed by atoms with Crippen molar-refractivity contribution in [1.82, 2.24) is 16.0 Å². The van der Waals surface area contributed by atoms with Crippen molar-refractivity contribution in [2.75, 3.05) is 13.7 Å². The number of urea groups is 1. The monoisotopic (exact) mass is 357 g/mol. The average molecular weight is 357 g/mol. The maximum absolute atomic E-state index is 12.5. The molecule has 1 aliphatic heterocycles. The minimum absolute atomic E-state index is 0.300. The summed E-state index contributed by atoms with van der Waals surface area (Å²) in [5, 5.41) is 9.18. The molecule has 0 aromatic heterocycles. The fourth-order valence-corrected chi connectivity index (χ4v) is 3.81. The molecule has 2 amide bonds. The van der Waals surface area contributed by atoms with Gasteiger partial charge in [0.15, 0.2) is 0 Å². The first-order valence-corrected chi connectivity index (χ1v) is 9.28. The zero-order valence-corrected chi connectivity index (χ0v) is 15.4. The van der Waals surface area contributed by atoms with Crippen LogP contribution in [0.4, 0.5) is 4.79 Å². The molecule has 1 aliphatic carbocycles. The van der Waals surface area contributed by atoms with Gasteiger partial charge in [0, 0.05) is 18.3 Å². The lowest BCUT2D eigenvalue weighted by Gasteiger charge is -2.31. The highest BCUT2D eigenvalue weighted by atomic mass is 16.5. The lowest BCUT2D eigenvalue weighted by Crippen LogP contribution is -2.49. The van der Waals surface area contributed by atoms with Crippen molar-refractivity contribution in [2.45, 2.75) is 51.1 Å². The molecule has 6 heteroatoms. The van der Waals surface area contributed by atoms with Crippen molar-refractivity contribution in [3.8, 4) is 0 Å². The summed E-state index contributed by atoms with van der Waals surface area (Å²) in [5.74, 6) is -0.425. The molecule has 3 rings (SSSR count). The first-order chi connectivity index (χ1) is 12.6. The highest BCUT2D eigenvalue weighted by Crippen LogP contribution is 2.29. The number of nitrogens with one attached hydrogen (secondary N) is 3. The Morgan fingerprint density at radius 3 is 2.65 bits per heavy atom. The molecule has 6 nitrogen and oxygen atoms in total. The van der Waals surface area contributed by atoms with Crippen molar-refractivity contribution in [2.24, 2.45) is 0 Å². The summed E-state index contributed by atoms with van der Waals surface area (Å²) in [4.78, 5) is 24.8. The van der Waals surface area contributed by atoms with E-state index in [1.165, 1.54) is 26.4 Å². The topological polar surface area (TPSA) is 79.5 Å². The molecule has 1 atom stereocenters. The number of carbonyl (C=O) groups excluding carboxylic acids is 2. The molecule has 1 aromatic carbocycles. The highest BCUT2D eigenvalue weighted by molar-refractivity contribution is 5.95. The molecule has 1 fully saturated rings. The molecular weight excluding hydrogens is 330 g/mol. The zero-order chi connectivity index (χ0) is 18.5. The van der Waals surface area contributed by atoms with Crippen LogP contribution in [0.5, 0.6) is 0 Å². The molecule has 0 unspecified atom stereocenters. The fourth-order valence-electron chi connectivity index (χ4n) is 3.81. The van der Waals surface area contributed by atoms with Crippen molar-refractivity contribution in [3.63, 3.8) is 0 Å². The third-order valence-electron chi connectivity index (χ3n) is 5.23. The van der Waals surface area contributed by atoms with Gasteiger partial charge in [-0.15, -0.1) is 0 Å². The van der Waals surface area contributed by atoms with E-state index in [1.807, 2.05) is 31.2 Å². The largest absolute Gasteiger partial charge is 0.466 e. The predicted octanol–water partition coefficient (Wildman–Crippen LogP) is 2.70. The third-order valence-corrected chi connectivity index (χ3v) is 5.23. The van der Waals surface area contributed by atoms with Crippen LogP contribution >= 0.6 is 0 Å². The molecule has 140 valence electrons. The number of rotatable bonds is 5. The van der Waals surface area contributed by atoms with Crippen molar-refractivity contribution >= 4 is 12.0 Å². The van der Waals surface area contributed by atoms with E-state index < -0.39 is 12.0 Å². The number of aryl methyl sites for hydroxylation is 1. The Hall–Kier alpha value is -2.34. The maximum Gasteiger partial charge on any atom is 0.338 e. The van der Waals surface area contributed by atoms with Crippen molar-refractivity contribution < 1.29 is 14.3 Å². The number of ether oxygens (including phenoxy) is 1. The molecule has 3 N–H and O–H groups in total. The summed E-state index contributed by atoms with van der Waals surface area (Å²) in [6, 6.07) is 7.37. The highest BCUT2D eigenvalue weighted by Gasteiger charge is 2.34. The van der Waals surface area contributed by atoms with Gasteiger partial charge in [0.05, 0.1) is 18.7 Å². The third kappa shape index (κ3) is 4.07. The predicted molar refractivity (Wildman–Crippen MR) is 99.5 cm³/mol. The molecular formula is C20H27N3O3. The van der Waals surface area contributed by atoms with Crippen LogP contribution in [0, 0.1) is 6.92 Å². The van der Waals surface area contributed by atoms with Gasteiger partial charge in [-0.1, -0.05) is 43.5 Å². The van der Waals surface area contributed by atoms with Crippen LogP contribution in [0.3, 0.4) is 0 Å². The van der Waals surface area contributed by atoms with E-state index in [0.29, 0.717) is 23.9 Å². The molecule has 26 heavy (non-hydrogen) atoms. The van der Waals surface area contributed by atoms with Crippen LogP contribution in [-0.2, 0) is 9.53 Å². The van der Waals surface area contributed by atoms with E-state index in [1.54, 1.807) is 0 Å². The Morgan fingerprint density at radius 2 is 1.96 bits per heavy atom. The smallest absolute Gasteiger partial charge is 0.338 e. The molecule has 0 radical (unpaired) electrons. The second-order valence-corrected chi connectivity index (χ2v) is 6.99. The van der Waals surface area contributed by atoms with Gasteiger partial charge in [0.1, 0.15) is 0 Å². The van der Waals surface area contributed by atoms with Crippen LogP contribution in [-0.4, -0.2) is 31.7 Å². The minimum atomic E-state index is -0.513. The van der Waals surface area contributed by atoms with Crippen LogP contribution < -0.4 is 16.0 Å². The minimum Gasteiger partial charge on any atom is -0.466 e. The van der Waals surface area contributed by atoms with Gasteiger partial charge >= 0.3 is 12.0 Å². The number of esters is 1. The Balaban J connectivity index is 1.91. The van der Waals surface area contributed by atoms with Gasteiger partial charge in [0.2, 0.25) is 0 Å². The molecule has 1 aromatic rings. The molecule has 0 spiro atoms. The number of benzene rings is 1. The standard InChI is InChI=1S/C20H27N3O3/c1-13-8-6-7-11-15(13)18-17(19(24)26-2)16(22-20(25)23-18)12-21-14-9-4-3-5-10-14/h6-8,11,14,18,21H,3-5,9-10,12H2,1-2H3,(H2,22,23,25)/t18-/m0/s1. The van der Waals surface area contributed by atoms with Gasteiger partial charge in [-0.05, 0) is 30.9 Å². The quantitative estimate of drug-likeness (QED) is 0.708. The van der Waals surface area contributed by atoms with Gasteiger partial charge < -0.3 is 20.7 Å². The lowest BCUT2D eigenvalue weighted by atomic mass is 9.91. The van der Waals surface area contributed by atoms with Crippen molar-refractivity contribution in [3.05, 3.63) is 46.7 Å². The Labute approximate surface area is 154 Å². The molecule has 1 saturated carbocycles. The number of hydrogen-bond donors (Lipinski definition) is 3. The van der Waals surface area contributed by atoms with Crippen LogP contribution in [0.1, 0.15) is 49.3 Å². The Bertz CT molecular complexity index is 708. The summed E-state index contributed by atoms with van der Waals surface area (Å²) in [6.45, 7) is 2.42. The molecule has 0 bridgehead atoms. The fraction of sp³-hybridized carbons (Fsp3) is 0.500. The SMILES string of the molecule is COC(=O)C1=C(CNC2CCCCC2)NC(=O)N[C@H]1c1ccccc1C. The first-order valence-electron chi connectivity index (χ1n) is 9.28. The Morgan fingerprint density at radius 1 is 1.23 bits per heavy atom. The molecule has 1 heterocycles. The molecule has 0 saturated heterocycles. The van der Waals surface area contributed by atoms with E-state index in [0.717, 1.165) is 24.0 Å². The van der Waals surface area contributed by atoms with E-state index >= 15 is 0 Å². The first kappa shape index (κ1) is 18.5. The number of hydrogen-bond acceptors (Lipinski definition) is 4. The Kier molecular flexibility index (Phi) is 5.93. The summed E-state index contributed by atoms with van der Waals surface area (Å²) >= 11 is 0. The van der Waals surface area contributed by atoms with Crippen LogP contribution in [0.25, 0.3) is 0 Å². The summed E-state index contributed by atoms with van der Waals surface area (Å²) in [6.07, 6.45) is 5.99. The second kappa shape index (κ2) is 8.36. The zero-order valence-electron chi connectivity index (χ0n) is 15.4. The lowest BCUT2D eigenvalue weighted by molar-refractivity contribution is -0.136. The van der Waals surface area contributed by atoms with Crippen LogP contribution in [0.15, 0.2) is 35.5 Å². The van der Waals surface area contributed by atoms with Gasteiger partial charge in [-0.3, -0.25) is 0 Å². The summed E-state index contributed by atoms with van der Waals surface area (Å²) in [5.41, 5.74) is 2.97. The maximum atomic E-state index is 12.5. The number of carbonyl (C=O) groups is 2. The van der Waals surface area contributed by atoms with Crippen LogP contribution in [0.2, 0.25) is 0 Å². The normalized spacial score (nSPS) is 21.2. The van der Waals surface area contributed by atoms with Crippen molar-refractivity contribution in [1.29, 1.82) is 0 Å². The van der Waals surface area contributed by atoms with E-state index in [-0.39, 0.29) is 6.03 Å². The van der Waals surface area contributed by atoms with E-state index in [9.17, 15) is 9.59 Å².